The van der Waals surface area contributed by atoms with Crippen LogP contribution in [-0.4, -0.2) is 43.4 Å². The normalized spacial score (nSPS) is 11.4. The summed E-state index contributed by atoms with van der Waals surface area (Å²) in [6, 6.07) is 12.4. The van der Waals surface area contributed by atoms with E-state index in [1.165, 1.54) is 7.05 Å². The van der Waals surface area contributed by atoms with E-state index in [1.54, 1.807) is 50.2 Å². The molecule has 0 heterocycles. The summed E-state index contributed by atoms with van der Waals surface area (Å²) in [4.78, 5) is 48.7. The molecule has 8 heteroatoms. The van der Waals surface area contributed by atoms with E-state index in [-0.39, 0.29) is 17.7 Å². The average molecular weight is 425 g/mol. The standard InChI is InChI=1S/C23H27N3O5/c1-14(2)20(26-22(29)18-8-6-5-7-15(18)3)23(30)31-13-19(27)25-17-11-9-16(10-12-17)21(28)24-4/h5-12,14,20H,13H2,1-4H3,(H,24,28)(H,25,27)(H,26,29)/t20-/m0/s1. The molecular weight excluding hydrogens is 398 g/mol. The Kier molecular flexibility index (Phi) is 8.31. The quantitative estimate of drug-likeness (QED) is 0.562. The number of aryl methyl sites for hydroxylation is 1. The van der Waals surface area contributed by atoms with Gasteiger partial charge in [-0.15, -0.1) is 0 Å². The number of hydrogen-bond acceptors (Lipinski definition) is 5. The average Bonchev–Trinajstić information content (AvgIpc) is 2.75. The molecule has 0 aliphatic rings. The third-order valence-electron chi connectivity index (χ3n) is 4.60. The highest BCUT2D eigenvalue weighted by Crippen LogP contribution is 2.11. The molecule has 3 N–H and O–H groups in total. The van der Waals surface area contributed by atoms with Crippen LogP contribution in [0.1, 0.15) is 40.1 Å². The van der Waals surface area contributed by atoms with E-state index in [0.29, 0.717) is 16.8 Å². The van der Waals surface area contributed by atoms with Crippen LogP contribution in [0.3, 0.4) is 0 Å². The fourth-order valence-electron chi connectivity index (χ4n) is 2.82. The maximum Gasteiger partial charge on any atom is 0.329 e. The number of nitrogens with one attached hydrogen (secondary N) is 3. The first-order valence-electron chi connectivity index (χ1n) is 9.88. The fraction of sp³-hybridized carbons (Fsp3) is 0.304. The van der Waals surface area contributed by atoms with E-state index in [2.05, 4.69) is 16.0 Å². The summed E-state index contributed by atoms with van der Waals surface area (Å²) in [5.74, 6) is -2.08. The molecule has 0 aliphatic heterocycles. The van der Waals surface area contributed by atoms with Gasteiger partial charge in [0.25, 0.3) is 17.7 Å². The smallest absolute Gasteiger partial charge is 0.329 e. The number of ether oxygens (including phenoxy) is 1. The summed E-state index contributed by atoms with van der Waals surface area (Å²) in [6.07, 6.45) is 0. The molecule has 2 aromatic carbocycles. The summed E-state index contributed by atoms with van der Waals surface area (Å²) in [7, 11) is 1.53. The molecule has 0 radical (unpaired) electrons. The molecule has 2 rings (SSSR count). The Labute approximate surface area is 181 Å². The summed E-state index contributed by atoms with van der Waals surface area (Å²) in [5, 5.41) is 7.78. The number of esters is 1. The van der Waals surface area contributed by atoms with Crippen LogP contribution in [0, 0.1) is 12.8 Å². The largest absolute Gasteiger partial charge is 0.454 e. The Morgan fingerprint density at radius 3 is 2.16 bits per heavy atom. The Bertz CT molecular complexity index is 954. The zero-order chi connectivity index (χ0) is 23.0. The molecule has 0 saturated carbocycles. The van der Waals surface area contributed by atoms with Crippen LogP contribution in [0.15, 0.2) is 48.5 Å². The predicted molar refractivity (Wildman–Crippen MR) is 117 cm³/mol. The van der Waals surface area contributed by atoms with Gasteiger partial charge in [0.15, 0.2) is 6.61 Å². The maximum absolute atomic E-state index is 12.5. The van der Waals surface area contributed by atoms with E-state index in [4.69, 9.17) is 4.74 Å². The van der Waals surface area contributed by atoms with Crippen molar-refractivity contribution in [2.24, 2.45) is 5.92 Å². The topological polar surface area (TPSA) is 114 Å². The molecule has 0 aromatic heterocycles. The Morgan fingerprint density at radius 2 is 1.58 bits per heavy atom. The first-order chi connectivity index (χ1) is 14.7. The van der Waals surface area contributed by atoms with Gasteiger partial charge in [-0.2, -0.15) is 0 Å². The Balaban J connectivity index is 1.92. The van der Waals surface area contributed by atoms with Crippen LogP contribution in [0.4, 0.5) is 5.69 Å². The van der Waals surface area contributed by atoms with Crippen molar-refractivity contribution in [2.45, 2.75) is 26.8 Å². The first-order valence-corrected chi connectivity index (χ1v) is 9.88. The monoisotopic (exact) mass is 425 g/mol. The minimum atomic E-state index is -0.897. The minimum absolute atomic E-state index is 0.235. The molecule has 164 valence electrons. The minimum Gasteiger partial charge on any atom is -0.454 e. The van der Waals surface area contributed by atoms with Crippen molar-refractivity contribution in [1.82, 2.24) is 10.6 Å². The van der Waals surface area contributed by atoms with Crippen LogP contribution in [-0.2, 0) is 14.3 Å². The molecule has 2 aromatic rings. The lowest BCUT2D eigenvalue weighted by molar-refractivity contribution is -0.150. The molecule has 0 saturated heterocycles. The lowest BCUT2D eigenvalue weighted by Crippen LogP contribution is -2.46. The summed E-state index contributed by atoms with van der Waals surface area (Å²) in [5.41, 5.74) is 2.18. The van der Waals surface area contributed by atoms with Gasteiger partial charge in [0.05, 0.1) is 0 Å². The summed E-state index contributed by atoms with van der Waals surface area (Å²) < 4.78 is 5.12. The fourth-order valence-corrected chi connectivity index (χ4v) is 2.82. The molecule has 31 heavy (non-hydrogen) atoms. The third kappa shape index (κ3) is 6.67. The molecule has 1 atom stereocenters. The number of anilines is 1. The predicted octanol–water partition coefficient (Wildman–Crippen LogP) is 2.29. The molecule has 8 nitrogen and oxygen atoms in total. The van der Waals surface area contributed by atoms with Gasteiger partial charge in [0.1, 0.15) is 6.04 Å². The van der Waals surface area contributed by atoms with E-state index in [1.807, 2.05) is 19.1 Å². The number of carbonyl (C=O) groups is 4. The van der Waals surface area contributed by atoms with Gasteiger partial charge >= 0.3 is 5.97 Å². The second-order valence-electron chi connectivity index (χ2n) is 7.32. The second kappa shape index (κ2) is 10.9. The van der Waals surface area contributed by atoms with Crippen LogP contribution >= 0.6 is 0 Å². The first kappa shape index (κ1) is 23.6. The van der Waals surface area contributed by atoms with Crippen LogP contribution in [0.25, 0.3) is 0 Å². The Morgan fingerprint density at radius 1 is 0.935 bits per heavy atom. The second-order valence-corrected chi connectivity index (χ2v) is 7.32. The van der Waals surface area contributed by atoms with Crippen molar-refractivity contribution in [1.29, 1.82) is 0 Å². The van der Waals surface area contributed by atoms with Crippen molar-refractivity contribution in [3.63, 3.8) is 0 Å². The Hall–Kier alpha value is -3.68. The zero-order valence-corrected chi connectivity index (χ0v) is 18.0. The van der Waals surface area contributed by atoms with Crippen molar-refractivity contribution >= 4 is 29.4 Å². The van der Waals surface area contributed by atoms with Gasteiger partial charge in [-0.25, -0.2) is 4.79 Å². The van der Waals surface area contributed by atoms with E-state index < -0.39 is 24.5 Å². The third-order valence-corrected chi connectivity index (χ3v) is 4.60. The highest BCUT2D eigenvalue weighted by atomic mass is 16.5. The molecule has 0 bridgehead atoms. The van der Waals surface area contributed by atoms with E-state index >= 15 is 0 Å². The zero-order valence-electron chi connectivity index (χ0n) is 18.0. The van der Waals surface area contributed by atoms with Gasteiger partial charge < -0.3 is 20.7 Å². The van der Waals surface area contributed by atoms with Crippen LogP contribution in [0.2, 0.25) is 0 Å². The highest BCUT2D eigenvalue weighted by molar-refractivity contribution is 5.99. The highest BCUT2D eigenvalue weighted by Gasteiger charge is 2.27. The van der Waals surface area contributed by atoms with Gasteiger partial charge in [-0.3, -0.25) is 14.4 Å². The number of amides is 3. The van der Waals surface area contributed by atoms with Crippen molar-refractivity contribution < 1.29 is 23.9 Å². The van der Waals surface area contributed by atoms with Crippen molar-refractivity contribution in [3.8, 4) is 0 Å². The number of carbonyl (C=O) groups excluding carboxylic acids is 4. The van der Waals surface area contributed by atoms with E-state index in [9.17, 15) is 19.2 Å². The van der Waals surface area contributed by atoms with Crippen LogP contribution < -0.4 is 16.0 Å². The van der Waals surface area contributed by atoms with Gasteiger partial charge in [0.2, 0.25) is 0 Å². The molecule has 0 fully saturated rings. The van der Waals surface area contributed by atoms with E-state index in [0.717, 1.165) is 5.56 Å². The molecule has 3 amide bonds. The molecule has 0 unspecified atom stereocenters. The van der Waals surface area contributed by atoms with Crippen LogP contribution in [0.5, 0.6) is 0 Å². The summed E-state index contributed by atoms with van der Waals surface area (Å²) >= 11 is 0. The molecule has 0 spiro atoms. The lowest BCUT2D eigenvalue weighted by Gasteiger charge is -2.21. The maximum atomic E-state index is 12.5. The van der Waals surface area contributed by atoms with Crippen molar-refractivity contribution in [2.75, 3.05) is 19.0 Å². The molecular formula is C23H27N3O5. The number of hydrogen-bond donors (Lipinski definition) is 3. The molecule has 0 aliphatic carbocycles. The van der Waals surface area contributed by atoms with Gasteiger partial charge in [0, 0.05) is 23.9 Å². The SMILES string of the molecule is CNC(=O)c1ccc(NC(=O)COC(=O)[C@@H](NC(=O)c2ccccc2C)C(C)C)cc1. The van der Waals surface area contributed by atoms with Gasteiger partial charge in [-0.1, -0.05) is 32.0 Å². The lowest BCUT2D eigenvalue weighted by atomic mass is 10.0. The number of benzene rings is 2. The van der Waals surface area contributed by atoms with Crippen molar-refractivity contribution in [3.05, 3.63) is 65.2 Å². The summed E-state index contributed by atoms with van der Waals surface area (Å²) in [6.45, 7) is 4.86. The van der Waals surface area contributed by atoms with Gasteiger partial charge in [-0.05, 0) is 48.7 Å². The number of rotatable bonds is 8.